The van der Waals surface area contributed by atoms with Crippen LogP contribution in [0.15, 0.2) is 44.2 Å². The minimum absolute atomic E-state index is 0.0348. The van der Waals surface area contributed by atoms with Crippen LogP contribution < -0.4 is 10.5 Å². The van der Waals surface area contributed by atoms with E-state index in [1.54, 1.807) is 12.1 Å². The molecule has 1 N–H and O–H groups in total. The first-order valence-corrected chi connectivity index (χ1v) is 7.95. The molecule has 2 heterocycles. The second-order valence-electron chi connectivity index (χ2n) is 5.95. The predicted molar refractivity (Wildman–Crippen MR) is 90.6 cm³/mol. The molecule has 0 saturated heterocycles. The van der Waals surface area contributed by atoms with E-state index in [1.807, 2.05) is 32.9 Å². The molecule has 0 saturated carbocycles. The van der Waals surface area contributed by atoms with E-state index in [1.165, 1.54) is 6.26 Å². The maximum Gasteiger partial charge on any atom is 0.437 e. The average molecular weight is 344 g/mol. The Balaban J connectivity index is 1.67. The van der Waals surface area contributed by atoms with E-state index in [9.17, 15) is 9.90 Å². The van der Waals surface area contributed by atoms with Gasteiger partial charge in [-0.25, -0.2) is 4.79 Å². The summed E-state index contributed by atoms with van der Waals surface area (Å²) in [6.07, 6.45) is 0.551. The van der Waals surface area contributed by atoms with Gasteiger partial charge in [0.05, 0.1) is 12.8 Å². The van der Waals surface area contributed by atoms with Crippen LogP contribution in [0, 0.1) is 20.8 Å². The van der Waals surface area contributed by atoms with E-state index in [2.05, 4.69) is 5.10 Å². The normalized spacial score (nSPS) is 12.3. The van der Waals surface area contributed by atoms with Gasteiger partial charge in [0.2, 0.25) is 0 Å². The summed E-state index contributed by atoms with van der Waals surface area (Å²) in [5.41, 5.74) is 3.14. The highest BCUT2D eigenvalue weighted by atomic mass is 16.5. The smallest absolute Gasteiger partial charge is 0.437 e. The standard InChI is InChI=1S/C18H20N2O5/c1-11-6-7-12(2)16(13(11)3)24-10-14(21)9-20-18(22)25-17(19-20)15-5-4-8-23-15/h4-8,14,21H,9-10H2,1-3H3. The van der Waals surface area contributed by atoms with Crippen molar-refractivity contribution < 1.29 is 18.7 Å². The first-order chi connectivity index (χ1) is 12.0. The molecule has 0 spiro atoms. The van der Waals surface area contributed by atoms with Crippen LogP contribution in [0.5, 0.6) is 5.75 Å². The zero-order valence-corrected chi connectivity index (χ0v) is 14.4. The predicted octanol–water partition coefficient (Wildman–Crippen LogP) is 2.46. The number of ether oxygens (including phenoxy) is 1. The minimum atomic E-state index is -0.911. The molecular formula is C18H20N2O5. The van der Waals surface area contributed by atoms with Crippen molar-refractivity contribution in [2.75, 3.05) is 6.61 Å². The van der Waals surface area contributed by atoms with Crippen molar-refractivity contribution in [3.05, 3.63) is 57.8 Å². The highest BCUT2D eigenvalue weighted by Gasteiger charge is 2.16. The fourth-order valence-electron chi connectivity index (χ4n) is 2.50. The Morgan fingerprint density at radius 3 is 2.72 bits per heavy atom. The summed E-state index contributed by atoms with van der Waals surface area (Å²) in [5, 5.41) is 14.2. The van der Waals surface area contributed by atoms with E-state index in [0.29, 0.717) is 5.76 Å². The van der Waals surface area contributed by atoms with E-state index in [-0.39, 0.29) is 19.0 Å². The molecule has 7 heteroatoms. The summed E-state index contributed by atoms with van der Waals surface area (Å²) in [7, 11) is 0. The highest BCUT2D eigenvalue weighted by molar-refractivity contribution is 5.44. The number of aliphatic hydroxyl groups is 1. The second kappa shape index (κ2) is 6.98. The van der Waals surface area contributed by atoms with Gasteiger partial charge in [-0.05, 0) is 49.6 Å². The summed E-state index contributed by atoms with van der Waals surface area (Å²) in [5.74, 6) is 0.525. The average Bonchev–Trinajstić information content (AvgIpc) is 3.22. The molecule has 0 amide bonds. The van der Waals surface area contributed by atoms with Crippen LogP contribution in [0.3, 0.4) is 0 Å². The van der Waals surface area contributed by atoms with E-state index in [4.69, 9.17) is 13.6 Å². The number of aliphatic hydroxyl groups excluding tert-OH is 1. The molecule has 132 valence electrons. The molecule has 7 nitrogen and oxygen atoms in total. The number of aromatic nitrogens is 2. The molecule has 1 unspecified atom stereocenters. The van der Waals surface area contributed by atoms with Gasteiger partial charge in [-0.2, -0.15) is 4.68 Å². The van der Waals surface area contributed by atoms with Crippen LogP contribution >= 0.6 is 0 Å². The maximum atomic E-state index is 11.8. The molecule has 0 bridgehead atoms. The third-order valence-electron chi connectivity index (χ3n) is 4.02. The molecule has 1 atom stereocenters. The molecule has 0 fully saturated rings. The van der Waals surface area contributed by atoms with Gasteiger partial charge in [-0.3, -0.25) is 0 Å². The van der Waals surface area contributed by atoms with Crippen molar-refractivity contribution in [1.29, 1.82) is 0 Å². The lowest BCUT2D eigenvalue weighted by atomic mass is 10.1. The van der Waals surface area contributed by atoms with Gasteiger partial charge in [0.15, 0.2) is 5.76 Å². The van der Waals surface area contributed by atoms with Crippen LogP contribution in [0.1, 0.15) is 16.7 Å². The summed E-state index contributed by atoms with van der Waals surface area (Å²) < 4.78 is 17.0. The van der Waals surface area contributed by atoms with Crippen molar-refractivity contribution in [3.63, 3.8) is 0 Å². The Morgan fingerprint density at radius 1 is 1.24 bits per heavy atom. The Morgan fingerprint density at radius 2 is 2.00 bits per heavy atom. The molecule has 25 heavy (non-hydrogen) atoms. The van der Waals surface area contributed by atoms with Crippen LogP contribution in [0.4, 0.5) is 0 Å². The molecule has 2 aromatic heterocycles. The van der Waals surface area contributed by atoms with Crippen molar-refractivity contribution in [3.8, 4) is 17.4 Å². The number of hydrogen-bond acceptors (Lipinski definition) is 6. The van der Waals surface area contributed by atoms with E-state index >= 15 is 0 Å². The summed E-state index contributed by atoms with van der Waals surface area (Å²) in [6.45, 7) is 5.93. The Kier molecular flexibility index (Phi) is 4.76. The van der Waals surface area contributed by atoms with Gasteiger partial charge >= 0.3 is 5.76 Å². The quantitative estimate of drug-likeness (QED) is 0.739. The second-order valence-corrected chi connectivity index (χ2v) is 5.95. The number of nitrogens with zero attached hydrogens (tertiary/aromatic N) is 2. The third kappa shape index (κ3) is 3.66. The summed E-state index contributed by atoms with van der Waals surface area (Å²) in [4.78, 5) is 11.8. The highest BCUT2D eigenvalue weighted by Crippen LogP contribution is 2.25. The Bertz CT molecular complexity index is 908. The lowest BCUT2D eigenvalue weighted by Crippen LogP contribution is -2.29. The summed E-state index contributed by atoms with van der Waals surface area (Å²) in [6, 6.07) is 7.31. The molecular weight excluding hydrogens is 324 g/mol. The fraction of sp³-hybridized carbons (Fsp3) is 0.333. The van der Waals surface area contributed by atoms with E-state index < -0.39 is 11.9 Å². The lowest BCUT2D eigenvalue weighted by molar-refractivity contribution is 0.0869. The van der Waals surface area contributed by atoms with Crippen molar-refractivity contribution in [1.82, 2.24) is 9.78 Å². The topological polar surface area (TPSA) is 90.6 Å². The van der Waals surface area contributed by atoms with Crippen molar-refractivity contribution in [2.24, 2.45) is 0 Å². The lowest BCUT2D eigenvalue weighted by Gasteiger charge is -2.16. The molecule has 0 aliphatic carbocycles. The first-order valence-electron chi connectivity index (χ1n) is 7.95. The van der Waals surface area contributed by atoms with Gasteiger partial charge < -0.3 is 18.7 Å². The van der Waals surface area contributed by atoms with Crippen LogP contribution in [0.25, 0.3) is 11.7 Å². The first kappa shape index (κ1) is 17.0. The Hall–Kier alpha value is -2.80. The Labute approximate surface area is 144 Å². The van der Waals surface area contributed by atoms with Gasteiger partial charge in [0, 0.05) is 0 Å². The van der Waals surface area contributed by atoms with Crippen LogP contribution in [-0.4, -0.2) is 27.6 Å². The largest absolute Gasteiger partial charge is 0.490 e. The van der Waals surface area contributed by atoms with Gasteiger partial charge in [-0.15, -0.1) is 5.10 Å². The van der Waals surface area contributed by atoms with E-state index in [0.717, 1.165) is 27.1 Å². The van der Waals surface area contributed by atoms with Gasteiger partial charge in [0.25, 0.3) is 5.89 Å². The SMILES string of the molecule is Cc1ccc(C)c(OCC(O)Cn2nc(-c3ccco3)oc2=O)c1C. The number of furan rings is 1. The van der Waals surface area contributed by atoms with Crippen molar-refractivity contribution >= 4 is 0 Å². The number of benzene rings is 1. The molecule has 0 radical (unpaired) electrons. The molecule has 0 aliphatic rings. The van der Waals surface area contributed by atoms with Crippen LogP contribution in [-0.2, 0) is 6.54 Å². The number of aryl methyl sites for hydroxylation is 2. The zero-order chi connectivity index (χ0) is 18.0. The molecule has 1 aromatic carbocycles. The number of rotatable bonds is 6. The van der Waals surface area contributed by atoms with Crippen molar-refractivity contribution in [2.45, 2.75) is 33.4 Å². The summed E-state index contributed by atoms with van der Waals surface area (Å²) >= 11 is 0. The monoisotopic (exact) mass is 344 g/mol. The minimum Gasteiger partial charge on any atom is -0.490 e. The zero-order valence-electron chi connectivity index (χ0n) is 14.4. The molecule has 3 rings (SSSR count). The molecule has 3 aromatic rings. The van der Waals surface area contributed by atoms with Gasteiger partial charge in [0.1, 0.15) is 18.5 Å². The van der Waals surface area contributed by atoms with Crippen LogP contribution in [0.2, 0.25) is 0 Å². The fourth-order valence-corrected chi connectivity index (χ4v) is 2.50. The molecule has 0 aliphatic heterocycles. The maximum absolute atomic E-state index is 11.8. The third-order valence-corrected chi connectivity index (χ3v) is 4.02. The number of hydrogen-bond donors (Lipinski definition) is 1. The van der Waals surface area contributed by atoms with Gasteiger partial charge in [-0.1, -0.05) is 12.1 Å².